The van der Waals surface area contributed by atoms with E-state index < -0.39 is 0 Å². The Morgan fingerprint density at radius 3 is 2.89 bits per heavy atom. The van der Waals surface area contributed by atoms with Crippen LogP contribution in [0.3, 0.4) is 0 Å². The van der Waals surface area contributed by atoms with E-state index >= 15 is 0 Å². The average Bonchev–Trinajstić information content (AvgIpc) is 3.10. The number of hydrazine groups is 2. The summed E-state index contributed by atoms with van der Waals surface area (Å²) < 4.78 is 0. The molecule has 0 atom stereocenters. The van der Waals surface area contributed by atoms with Crippen LogP contribution in [0.4, 0.5) is 23.0 Å². The topological polar surface area (TPSA) is 78.0 Å². The molecule has 3 aromatic heterocycles. The molecule has 1 aliphatic rings. The lowest BCUT2D eigenvalue weighted by molar-refractivity contribution is 0.718. The van der Waals surface area contributed by atoms with E-state index in [1.54, 1.807) is 6.20 Å². The van der Waals surface area contributed by atoms with E-state index in [1.165, 1.54) is 5.56 Å². The fraction of sp³-hybridized carbons (Fsp3) is 0.0952. The minimum Gasteiger partial charge on any atom is -0.340 e. The van der Waals surface area contributed by atoms with Crippen molar-refractivity contribution in [2.75, 3.05) is 15.8 Å². The maximum Gasteiger partial charge on any atom is 0.171 e. The van der Waals surface area contributed by atoms with Gasteiger partial charge in [-0.05, 0) is 55.0 Å². The number of rotatable bonds is 4. The van der Waals surface area contributed by atoms with Gasteiger partial charge in [0.1, 0.15) is 5.82 Å². The second-order valence-electron chi connectivity index (χ2n) is 6.73. The van der Waals surface area contributed by atoms with Crippen LogP contribution in [0.2, 0.25) is 0 Å². The summed E-state index contributed by atoms with van der Waals surface area (Å²) in [6, 6.07) is 18.2. The molecule has 3 N–H and O–H groups in total. The van der Waals surface area contributed by atoms with Gasteiger partial charge in [-0.2, -0.15) is 0 Å². The Morgan fingerprint density at radius 1 is 1.00 bits per heavy atom. The van der Waals surface area contributed by atoms with E-state index in [2.05, 4.69) is 44.4 Å². The number of benzene rings is 1. The maximum absolute atomic E-state index is 4.78. The van der Waals surface area contributed by atoms with Gasteiger partial charge in [0.15, 0.2) is 5.82 Å². The fourth-order valence-corrected chi connectivity index (χ4v) is 3.29. The van der Waals surface area contributed by atoms with Crippen molar-refractivity contribution in [3.8, 4) is 0 Å². The summed E-state index contributed by atoms with van der Waals surface area (Å²) in [7, 11) is 0. The molecule has 0 saturated heterocycles. The van der Waals surface area contributed by atoms with Crippen molar-refractivity contribution in [2.45, 2.75) is 13.5 Å². The number of hydrogen-bond acceptors (Lipinski definition) is 7. The van der Waals surface area contributed by atoms with Gasteiger partial charge >= 0.3 is 0 Å². The zero-order valence-corrected chi connectivity index (χ0v) is 15.3. The van der Waals surface area contributed by atoms with Crippen molar-refractivity contribution < 1.29 is 0 Å². The molecule has 0 unspecified atom stereocenters. The summed E-state index contributed by atoms with van der Waals surface area (Å²) in [5.74, 6) is 1.63. The minimum atomic E-state index is 0.676. The first-order valence-corrected chi connectivity index (χ1v) is 9.08. The Morgan fingerprint density at radius 2 is 1.96 bits per heavy atom. The molecule has 0 bridgehead atoms. The van der Waals surface area contributed by atoms with Crippen molar-refractivity contribution >= 4 is 33.9 Å². The summed E-state index contributed by atoms with van der Waals surface area (Å²) in [6.45, 7) is 2.64. The number of nitrogens with zero attached hydrogens (tertiary/aromatic N) is 4. The summed E-state index contributed by atoms with van der Waals surface area (Å²) >= 11 is 0. The molecule has 0 amide bonds. The molecule has 0 saturated carbocycles. The van der Waals surface area contributed by atoms with E-state index in [4.69, 9.17) is 4.98 Å². The molecule has 5 rings (SSSR count). The van der Waals surface area contributed by atoms with E-state index in [1.807, 2.05) is 54.5 Å². The van der Waals surface area contributed by atoms with Crippen molar-refractivity contribution in [3.05, 3.63) is 78.2 Å². The van der Waals surface area contributed by atoms with Crippen molar-refractivity contribution in [1.29, 1.82) is 0 Å². The lowest BCUT2D eigenvalue weighted by Crippen LogP contribution is -2.35. The SMILES string of the molecule is Cc1cc(Nc2ccc3c(n2)N(Cc2ccc4ncccc4c2)NN3)ccn1. The average molecular weight is 369 g/mol. The lowest BCUT2D eigenvalue weighted by Gasteiger charge is -2.18. The standard InChI is InChI=1S/C21H19N7/c1-14-11-17(8-10-22-14)24-20-7-6-19-21(25-20)28(27-26-19)13-15-4-5-18-16(12-15)3-2-9-23-18/h2-12,26-27H,13H2,1H3,(H,22,24,25). The van der Waals surface area contributed by atoms with Crippen LogP contribution in [0.15, 0.2) is 67.0 Å². The third-order valence-electron chi connectivity index (χ3n) is 4.63. The predicted octanol–water partition coefficient (Wildman–Crippen LogP) is 3.93. The Balaban J connectivity index is 1.40. The van der Waals surface area contributed by atoms with Crippen LogP contribution in [-0.4, -0.2) is 15.0 Å². The van der Waals surface area contributed by atoms with Crippen LogP contribution in [0.25, 0.3) is 10.9 Å². The maximum atomic E-state index is 4.78. The number of aromatic nitrogens is 3. The molecule has 1 aromatic carbocycles. The molecular weight excluding hydrogens is 350 g/mol. The number of aryl methyl sites for hydroxylation is 1. The van der Waals surface area contributed by atoms with Crippen LogP contribution in [0.1, 0.15) is 11.3 Å². The van der Waals surface area contributed by atoms with Gasteiger partial charge in [0.2, 0.25) is 0 Å². The molecule has 1 aliphatic heterocycles. The molecule has 138 valence electrons. The lowest BCUT2D eigenvalue weighted by atomic mass is 10.1. The van der Waals surface area contributed by atoms with E-state index in [0.29, 0.717) is 6.54 Å². The molecule has 0 aliphatic carbocycles. The van der Waals surface area contributed by atoms with Crippen molar-refractivity contribution in [2.24, 2.45) is 0 Å². The summed E-state index contributed by atoms with van der Waals surface area (Å²) in [5.41, 5.74) is 11.4. The number of hydrogen-bond donors (Lipinski definition) is 3. The normalized spacial score (nSPS) is 12.7. The number of pyridine rings is 3. The first kappa shape index (κ1) is 16.5. The van der Waals surface area contributed by atoms with Gasteiger partial charge in [0.05, 0.1) is 17.7 Å². The monoisotopic (exact) mass is 369 g/mol. The molecule has 0 fully saturated rings. The van der Waals surface area contributed by atoms with Crippen LogP contribution < -0.4 is 21.3 Å². The van der Waals surface area contributed by atoms with E-state index in [9.17, 15) is 0 Å². The van der Waals surface area contributed by atoms with Gasteiger partial charge in [-0.1, -0.05) is 12.1 Å². The highest BCUT2D eigenvalue weighted by molar-refractivity contribution is 5.79. The number of anilines is 4. The van der Waals surface area contributed by atoms with Crippen LogP contribution in [0.5, 0.6) is 0 Å². The van der Waals surface area contributed by atoms with Gasteiger partial charge in [-0.15, -0.1) is 5.53 Å². The largest absolute Gasteiger partial charge is 0.340 e. The third-order valence-corrected chi connectivity index (χ3v) is 4.63. The molecule has 7 nitrogen and oxygen atoms in total. The van der Waals surface area contributed by atoms with E-state index in [-0.39, 0.29) is 0 Å². The van der Waals surface area contributed by atoms with Gasteiger partial charge < -0.3 is 10.7 Å². The zero-order valence-electron chi connectivity index (χ0n) is 15.3. The molecule has 7 heteroatoms. The van der Waals surface area contributed by atoms with Gasteiger partial charge in [-0.3, -0.25) is 15.0 Å². The van der Waals surface area contributed by atoms with Crippen LogP contribution in [-0.2, 0) is 6.54 Å². The first-order chi connectivity index (χ1) is 13.7. The molecule has 0 radical (unpaired) electrons. The smallest absolute Gasteiger partial charge is 0.171 e. The fourth-order valence-electron chi connectivity index (χ4n) is 3.29. The highest BCUT2D eigenvalue weighted by atomic mass is 15.7. The summed E-state index contributed by atoms with van der Waals surface area (Å²) in [5, 5.41) is 6.47. The zero-order chi connectivity index (χ0) is 18.9. The molecule has 28 heavy (non-hydrogen) atoms. The Kier molecular flexibility index (Phi) is 3.99. The van der Waals surface area contributed by atoms with Crippen LogP contribution >= 0.6 is 0 Å². The van der Waals surface area contributed by atoms with Gasteiger partial charge in [0, 0.05) is 29.2 Å². The molecular formula is C21H19N7. The Hall–Kier alpha value is -3.71. The Labute approximate surface area is 162 Å². The van der Waals surface area contributed by atoms with Gasteiger partial charge in [0.25, 0.3) is 0 Å². The third kappa shape index (κ3) is 3.19. The first-order valence-electron chi connectivity index (χ1n) is 9.08. The summed E-state index contributed by atoms with van der Waals surface area (Å²) in [6.07, 6.45) is 3.60. The van der Waals surface area contributed by atoms with Crippen molar-refractivity contribution in [3.63, 3.8) is 0 Å². The highest BCUT2D eigenvalue weighted by Crippen LogP contribution is 2.30. The minimum absolute atomic E-state index is 0.676. The van der Waals surface area contributed by atoms with Crippen LogP contribution in [0, 0.1) is 6.92 Å². The molecule has 0 spiro atoms. The second-order valence-corrected chi connectivity index (χ2v) is 6.73. The number of nitrogens with one attached hydrogen (secondary N) is 3. The van der Waals surface area contributed by atoms with E-state index in [0.717, 1.165) is 39.6 Å². The molecule has 4 aromatic rings. The quantitative estimate of drug-likeness (QED) is 0.503. The second kappa shape index (κ2) is 6.79. The summed E-state index contributed by atoms with van der Waals surface area (Å²) in [4.78, 5) is 13.4. The Bertz CT molecular complexity index is 1160. The predicted molar refractivity (Wildman–Crippen MR) is 111 cm³/mol. The van der Waals surface area contributed by atoms with Gasteiger partial charge in [-0.25, -0.2) is 4.98 Å². The highest BCUT2D eigenvalue weighted by Gasteiger charge is 2.21. The van der Waals surface area contributed by atoms with Crippen molar-refractivity contribution in [1.82, 2.24) is 20.5 Å². The number of fused-ring (bicyclic) bond motifs is 2. The molecule has 4 heterocycles.